The summed E-state index contributed by atoms with van der Waals surface area (Å²) in [6, 6.07) is 0. The van der Waals surface area contributed by atoms with Gasteiger partial charge in [-0.05, 0) is 27.2 Å². The predicted molar refractivity (Wildman–Crippen MR) is 112 cm³/mol. The molecule has 0 aliphatic heterocycles. The average molecular weight is 429 g/mol. The lowest BCUT2D eigenvalue weighted by Crippen LogP contribution is -2.49. The minimum absolute atomic E-state index is 0.152. The Balaban J connectivity index is 2.95. The van der Waals surface area contributed by atoms with Gasteiger partial charge in [-0.15, -0.1) is 11.3 Å². The molecule has 29 heavy (non-hydrogen) atoms. The highest BCUT2D eigenvalue weighted by atomic mass is 32.1. The Labute approximate surface area is 175 Å². The maximum absolute atomic E-state index is 12.8. The Bertz CT molecular complexity index is 734. The van der Waals surface area contributed by atoms with Crippen LogP contribution < -0.4 is 11.5 Å². The number of primary amides is 1. The van der Waals surface area contributed by atoms with Crippen molar-refractivity contribution >= 4 is 34.1 Å². The number of nitrogens with two attached hydrogens (primary N) is 2. The normalized spacial score (nSPS) is 15.6. The Morgan fingerprint density at radius 2 is 1.97 bits per heavy atom. The van der Waals surface area contributed by atoms with Crippen molar-refractivity contribution < 1.29 is 23.9 Å². The molecule has 10 heteroatoms. The fourth-order valence-corrected chi connectivity index (χ4v) is 3.19. The SMILES string of the molecule is CCCCCOC(C)(OC)C(C)C(C)(C)C(=O)O/N=C(\C(N)=O)c1csc(N)n1. The summed E-state index contributed by atoms with van der Waals surface area (Å²) >= 11 is 1.12. The van der Waals surface area contributed by atoms with Gasteiger partial charge < -0.3 is 25.8 Å². The third-order valence-electron chi connectivity index (χ3n) is 5.15. The van der Waals surface area contributed by atoms with Crippen LogP contribution in [-0.2, 0) is 23.9 Å². The molecule has 0 saturated heterocycles. The third-order valence-corrected chi connectivity index (χ3v) is 5.83. The van der Waals surface area contributed by atoms with Crippen LogP contribution in [0.15, 0.2) is 10.5 Å². The number of rotatable bonds is 12. The summed E-state index contributed by atoms with van der Waals surface area (Å²) in [4.78, 5) is 33.4. The molecule has 9 nitrogen and oxygen atoms in total. The van der Waals surface area contributed by atoms with Crippen molar-refractivity contribution in [2.75, 3.05) is 19.5 Å². The van der Waals surface area contributed by atoms with Crippen LogP contribution in [0.2, 0.25) is 0 Å². The summed E-state index contributed by atoms with van der Waals surface area (Å²) in [6.07, 6.45) is 3.02. The van der Waals surface area contributed by atoms with Gasteiger partial charge in [0, 0.05) is 18.4 Å². The monoisotopic (exact) mass is 428 g/mol. The largest absolute Gasteiger partial charge is 0.375 e. The summed E-state index contributed by atoms with van der Waals surface area (Å²) in [7, 11) is 1.54. The van der Waals surface area contributed by atoms with Crippen LogP contribution in [-0.4, -0.2) is 42.1 Å². The summed E-state index contributed by atoms with van der Waals surface area (Å²) in [5.74, 6) is -2.94. The van der Waals surface area contributed by atoms with Gasteiger partial charge in [-0.25, -0.2) is 9.78 Å². The van der Waals surface area contributed by atoms with Crippen LogP contribution in [0.1, 0.15) is 59.6 Å². The molecule has 1 rings (SSSR count). The lowest BCUT2D eigenvalue weighted by atomic mass is 9.75. The van der Waals surface area contributed by atoms with Crippen LogP contribution in [0.5, 0.6) is 0 Å². The van der Waals surface area contributed by atoms with Crippen LogP contribution in [0.4, 0.5) is 5.13 Å². The zero-order chi connectivity index (χ0) is 22.2. The maximum atomic E-state index is 12.8. The van der Waals surface area contributed by atoms with E-state index in [4.69, 9.17) is 25.8 Å². The van der Waals surface area contributed by atoms with Crippen molar-refractivity contribution in [2.45, 2.75) is 59.7 Å². The minimum Gasteiger partial charge on any atom is -0.375 e. The zero-order valence-electron chi connectivity index (χ0n) is 18.0. The zero-order valence-corrected chi connectivity index (χ0v) is 18.8. The molecule has 1 aromatic heterocycles. The van der Waals surface area contributed by atoms with E-state index in [9.17, 15) is 9.59 Å². The second-order valence-electron chi connectivity index (χ2n) is 7.47. The number of unbranched alkanes of at least 4 members (excludes halogenated alkanes) is 2. The van der Waals surface area contributed by atoms with Crippen LogP contribution in [0.25, 0.3) is 0 Å². The van der Waals surface area contributed by atoms with Gasteiger partial charge in [0.2, 0.25) is 0 Å². The lowest BCUT2D eigenvalue weighted by Gasteiger charge is -2.41. The van der Waals surface area contributed by atoms with Gasteiger partial charge in [0.25, 0.3) is 5.91 Å². The number of carbonyl (C=O) groups excluding carboxylic acids is 2. The summed E-state index contributed by atoms with van der Waals surface area (Å²) in [6.45, 7) is 9.65. The molecule has 2 atom stereocenters. The second-order valence-corrected chi connectivity index (χ2v) is 8.36. The van der Waals surface area contributed by atoms with E-state index in [0.29, 0.717) is 6.61 Å². The van der Waals surface area contributed by atoms with E-state index in [1.165, 1.54) is 12.5 Å². The molecule has 1 heterocycles. The fraction of sp³-hybridized carbons (Fsp3) is 0.684. The molecule has 0 saturated carbocycles. The van der Waals surface area contributed by atoms with Crippen LogP contribution in [0.3, 0.4) is 0 Å². The van der Waals surface area contributed by atoms with E-state index in [2.05, 4.69) is 17.1 Å². The lowest BCUT2D eigenvalue weighted by molar-refractivity contribution is -0.258. The molecule has 164 valence electrons. The number of methoxy groups -OCH3 is 1. The number of ether oxygens (including phenoxy) is 2. The Morgan fingerprint density at radius 1 is 1.31 bits per heavy atom. The molecule has 0 spiro atoms. The minimum atomic E-state index is -1.04. The summed E-state index contributed by atoms with van der Waals surface area (Å²) in [5.41, 5.74) is 9.73. The number of oxime groups is 1. The van der Waals surface area contributed by atoms with E-state index in [1.54, 1.807) is 20.8 Å². The summed E-state index contributed by atoms with van der Waals surface area (Å²) in [5, 5.41) is 5.40. The number of amides is 1. The van der Waals surface area contributed by atoms with E-state index in [1.807, 2.05) is 6.92 Å². The first-order valence-electron chi connectivity index (χ1n) is 9.49. The third kappa shape index (κ3) is 6.48. The first-order valence-corrected chi connectivity index (χ1v) is 10.4. The van der Waals surface area contributed by atoms with Gasteiger partial charge in [0.05, 0.1) is 12.0 Å². The number of aromatic nitrogens is 1. The molecule has 4 N–H and O–H groups in total. The van der Waals surface area contributed by atoms with Crippen molar-refractivity contribution in [2.24, 2.45) is 22.2 Å². The Hall–Kier alpha value is -2.04. The topological polar surface area (TPSA) is 139 Å². The number of carbonyl (C=O) groups is 2. The molecular weight excluding hydrogens is 396 g/mol. The molecule has 0 radical (unpaired) electrons. The van der Waals surface area contributed by atoms with Crippen molar-refractivity contribution in [3.63, 3.8) is 0 Å². The first-order chi connectivity index (χ1) is 13.5. The molecule has 0 aromatic carbocycles. The van der Waals surface area contributed by atoms with Crippen molar-refractivity contribution in [3.8, 4) is 0 Å². The van der Waals surface area contributed by atoms with Gasteiger partial charge in [-0.3, -0.25) is 4.79 Å². The predicted octanol–water partition coefficient (Wildman–Crippen LogP) is 2.69. The molecule has 2 unspecified atom stereocenters. The van der Waals surface area contributed by atoms with Gasteiger partial charge in [-0.1, -0.05) is 31.8 Å². The van der Waals surface area contributed by atoms with Crippen molar-refractivity contribution in [1.82, 2.24) is 4.98 Å². The molecule has 0 aliphatic carbocycles. The highest BCUT2D eigenvalue weighted by molar-refractivity contribution is 7.13. The second kappa shape index (κ2) is 10.7. The highest BCUT2D eigenvalue weighted by Gasteiger charge is 2.47. The highest BCUT2D eigenvalue weighted by Crippen LogP contribution is 2.39. The quantitative estimate of drug-likeness (QED) is 0.171. The van der Waals surface area contributed by atoms with Gasteiger partial charge >= 0.3 is 5.97 Å². The Kier molecular flexibility index (Phi) is 9.18. The van der Waals surface area contributed by atoms with Crippen LogP contribution in [0, 0.1) is 11.3 Å². The molecular formula is C19H32N4O5S. The molecule has 0 fully saturated rings. The first kappa shape index (κ1) is 25.0. The van der Waals surface area contributed by atoms with Gasteiger partial charge in [0.15, 0.2) is 16.6 Å². The smallest absolute Gasteiger partial charge is 0.341 e. The van der Waals surface area contributed by atoms with Crippen molar-refractivity contribution in [3.05, 3.63) is 11.1 Å². The number of hydrogen-bond acceptors (Lipinski definition) is 9. The van der Waals surface area contributed by atoms with E-state index in [-0.39, 0.29) is 16.5 Å². The van der Waals surface area contributed by atoms with E-state index in [0.717, 1.165) is 30.6 Å². The van der Waals surface area contributed by atoms with E-state index < -0.39 is 29.0 Å². The number of thiazole rings is 1. The molecule has 0 bridgehead atoms. The number of nitrogens with zero attached hydrogens (tertiary/aromatic N) is 2. The number of hydrogen-bond donors (Lipinski definition) is 2. The Morgan fingerprint density at radius 3 is 2.45 bits per heavy atom. The van der Waals surface area contributed by atoms with Crippen LogP contribution >= 0.6 is 11.3 Å². The molecule has 1 aromatic rings. The molecule has 1 amide bonds. The van der Waals surface area contributed by atoms with E-state index >= 15 is 0 Å². The van der Waals surface area contributed by atoms with Crippen molar-refractivity contribution in [1.29, 1.82) is 0 Å². The standard InChI is InChI=1S/C19H32N4O5S/c1-7-8-9-10-27-19(5,26-6)12(2)18(3,4)16(25)28-23-14(15(20)24)13-11-29-17(21)22-13/h11-12H,7-10H2,1-6H3,(H2,20,24)(H2,21,22)/b23-14-. The maximum Gasteiger partial charge on any atom is 0.341 e. The number of anilines is 1. The number of nitrogen functional groups attached to an aromatic ring is 1. The summed E-state index contributed by atoms with van der Waals surface area (Å²) < 4.78 is 11.5. The average Bonchev–Trinajstić information content (AvgIpc) is 3.09. The van der Waals surface area contributed by atoms with Gasteiger partial charge in [0.1, 0.15) is 5.69 Å². The van der Waals surface area contributed by atoms with Gasteiger partial charge in [-0.2, -0.15) is 0 Å². The molecule has 0 aliphatic rings. The fourth-order valence-electron chi connectivity index (χ4n) is 2.64.